The number of benzene rings is 1. The van der Waals surface area contributed by atoms with E-state index in [0.717, 1.165) is 0 Å². The summed E-state index contributed by atoms with van der Waals surface area (Å²) in [6.07, 6.45) is 0.231. The number of nitrogens with zero attached hydrogens (tertiary/aromatic N) is 2. The van der Waals surface area contributed by atoms with E-state index in [0.29, 0.717) is 33.8 Å². The van der Waals surface area contributed by atoms with Gasteiger partial charge < -0.3 is 34.1 Å². The van der Waals surface area contributed by atoms with Crippen LogP contribution in [-0.4, -0.2) is 72.0 Å². The number of hydrogen-bond donors (Lipinski definition) is 7. The lowest BCUT2D eigenvalue weighted by molar-refractivity contribution is 0.0717. The molecule has 3 aromatic rings. The number of halogens is 1. The van der Waals surface area contributed by atoms with E-state index in [2.05, 4.69) is 34.6 Å². The van der Waals surface area contributed by atoms with Crippen LogP contribution in [0.15, 0.2) is 42.7 Å². The molecule has 3 rings (SSSR count). The Kier molecular flexibility index (Phi) is 12.1. The third-order valence-electron chi connectivity index (χ3n) is 5.71. The van der Waals surface area contributed by atoms with E-state index in [9.17, 15) is 23.5 Å². The standard InChI is InChI=1S/C24H28ClN5O13P2/c1-3-17(11-40-23(32)42-44(34,35)36)28-22-27-9-13(2)20(30-22)15-8-18(26-10-15)21(31)29-19(14-5-4-6-16(25)7-14)12-41-24(33)43-45(37,38)39/h4-10,17,19,26H,3,11-12H2,1-2H3,(H,29,31)(H,27,28,30)(H2,34,35,36)(H2,37,38,39)/t17-,19-/m1/s1. The molecule has 0 fully saturated rings. The average molecular weight is 692 g/mol. The quantitative estimate of drug-likeness (QED) is 0.0996. The molecule has 18 nitrogen and oxygen atoms in total. The smallest absolute Gasteiger partial charge is 0.432 e. The Hall–Kier alpha value is -4.02. The van der Waals surface area contributed by atoms with Crippen molar-refractivity contribution in [1.29, 1.82) is 0 Å². The Morgan fingerprint density at radius 1 is 1.02 bits per heavy atom. The fourth-order valence-electron chi connectivity index (χ4n) is 3.66. The molecule has 2 aromatic heterocycles. The topological polar surface area (TPSA) is 269 Å². The van der Waals surface area contributed by atoms with Crippen LogP contribution in [0.2, 0.25) is 5.02 Å². The lowest BCUT2D eigenvalue weighted by Gasteiger charge is -2.19. The number of phosphoric ester groups is 2. The molecule has 0 unspecified atom stereocenters. The van der Waals surface area contributed by atoms with Gasteiger partial charge in [0.25, 0.3) is 5.91 Å². The highest BCUT2D eigenvalue weighted by atomic mass is 35.5. The molecule has 2 atom stereocenters. The summed E-state index contributed by atoms with van der Waals surface area (Å²) in [5.74, 6) is -0.518. The van der Waals surface area contributed by atoms with Gasteiger partial charge in [0, 0.05) is 23.0 Å². The van der Waals surface area contributed by atoms with E-state index >= 15 is 0 Å². The Bertz CT molecular complexity index is 1630. The van der Waals surface area contributed by atoms with Crippen molar-refractivity contribution >= 4 is 51.4 Å². The second-order valence-electron chi connectivity index (χ2n) is 9.14. The van der Waals surface area contributed by atoms with Gasteiger partial charge in [-0.25, -0.2) is 28.7 Å². The molecule has 0 aliphatic heterocycles. The molecule has 45 heavy (non-hydrogen) atoms. The van der Waals surface area contributed by atoms with Gasteiger partial charge in [-0.3, -0.25) is 24.4 Å². The molecule has 0 saturated carbocycles. The van der Waals surface area contributed by atoms with Crippen LogP contribution in [0.3, 0.4) is 0 Å². The first kappa shape index (κ1) is 35.5. The third-order valence-corrected chi connectivity index (χ3v) is 6.72. The fourth-order valence-corrected chi connectivity index (χ4v) is 4.35. The van der Waals surface area contributed by atoms with Gasteiger partial charge >= 0.3 is 28.0 Å². The minimum Gasteiger partial charge on any atom is -0.432 e. The van der Waals surface area contributed by atoms with Crippen molar-refractivity contribution in [2.45, 2.75) is 32.4 Å². The number of anilines is 1. The molecular weight excluding hydrogens is 664 g/mol. The fraction of sp³-hybridized carbons (Fsp3) is 0.292. The van der Waals surface area contributed by atoms with Crippen LogP contribution in [0, 0.1) is 6.92 Å². The zero-order chi connectivity index (χ0) is 33.4. The molecule has 0 spiro atoms. The maximum Gasteiger partial charge on any atom is 0.529 e. The number of aromatic nitrogens is 3. The van der Waals surface area contributed by atoms with E-state index in [1.165, 1.54) is 24.5 Å². The first-order valence-electron chi connectivity index (χ1n) is 12.7. The minimum absolute atomic E-state index is 0.0748. The van der Waals surface area contributed by atoms with E-state index in [1.807, 2.05) is 0 Å². The highest BCUT2D eigenvalue weighted by molar-refractivity contribution is 7.47. The number of aryl methyl sites for hydroxylation is 1. The Balaban J connectivity index is 1.73. The van der Waals surface area contributed by atoms with Crippen LogP contribution in [0.1, 0.15) is 41.0 Å². The molecule has 2 heterocycles. The summed E-state index contributed by atoms with van der Waals surface area (Å²) in [5.41, 5.74) is 2.03. The number of hydrogen-bond acceptors (Lipinski definition) is 12. The van der Waals surface area contributed by atoms with Gasteiger partial charge in [-0.1, -0.05) is 30.7 Å². The molecule has 1 amide bonds. The number of H-pyrrole nitrogens is 1. The summed E-state index contributed by atoms with van der Waals surface area (Å²) in [6, 6.07) is 6.18. The van der Waals surface area contributed by atoms with Gasteiger partial charge in [-0.15, -0.1) is 0 Å². The van der Waals surface area contributed by atoms with Gasteiger partial charge in [0.05, 0.1) is 17.8 Å². The number of ether oxygens (including phenoxy) is 2. The van der Waals surface area contributed by atoms with E-state index in [1.54, 1.807) is 32.0 Å². The second-order valence-corrected chi connectivity index (χ2v) is 11.9. The van der Waals surface area contributed by atoms with E-state index in [4.69, 9.17) is 40.6 Å². The van der Waals surface area contributed by atoms with Crippen molar-refractivity contribution in [3.05, 3.63) is 64.6 Å². The molecule has 0 aliphatic carbocycles. The lowest BCUT2D eigenvalue weighted by atomic mass is 10.1. The second kappa shape index (κ2) is 15.3. The summed E-state index contributed by atoms with van der Waals surface area (Å²) in [4.78, 5) is 82.8. The maximum absolute atomic E-state index is 13.2. The van der Waals surface area contributed by atoms with Crippen molar-refractivity contribution in [3.63, 3.8) is 0 Å². The number of carbonyl (C=O) groups excluding carboxylic acids is 3. The molecule has 1 aromatic carbocycles. The largest absolute Gasteiger partial charge is 0.529 e. The summed E-state index contributed by atoms with van der Waals surface area (Å²) in [6.45, 7) is 2.61. The van der Waals surface area contributed by atoms with Crippen molar-refractivity contribution in [1.82, 2.24) is 20.3 Å². The normalized spacial score (nSPS) is 12.9. The monoisotopic (exact) mass is 691 g/mol. The van der Waals surface area contributed by atoms with Crippen LogP contribution in [0.25, 0.3) is 11.3 Å². The van der Waals surface area contributed by atoms with Crippen molar-refractivity contribution in [2.75, 3.05) is 18.5 Å². The van der Waals surface area contributed by atoms with Crippen LogP contribution in [-0.2, 0) is 27.7 Å². The summed E-state index contributed by atoms with van der Waals surface area (Å²) in [7, 11) is -10.2. The SMILES string of the molecule is CC[C@H](COC(=O)OP(=O)(O)O)Nc1ncc(C)c(-c2c[nH]c(C(=O)N[C@H](COC(=O)OP(=O)(O)O)c3cccc(Cl)c3)c2)n1. The molecule has 244 valence electrons. The van der Waals surface area contributed by atoms with Crippen LogP contribution < -0.4 is 10.6 Å². The number of phosphoric acid groups is 2. The van der Waals surface area contributed by atoms with Gasteiger partial charge in [0.2, 0.25) is 5.95 Å². The summed E-state index contributed by atoms with van der Waals surface area (Å²) < 4.78 is 38.9. The average Bonchev–Trinajstić information content (AvgIpc) is 3.42. The molecular formula is C24H28ClN5O13P2. The van der Waals surface area contributed by atoms with Gasteiger partial charge in [-0.05, 0) is 42.7 Å². The first-order valence-corrected chi connectivity index (χ1v) is 16.2. The molecule has 0 saturated heterocycles. The first-order chi connectivity index (χ1) is 21.0. The maximum atomic E-state index is 13.2. The predicted octanol–water partition coefficient (Wildman–Crippen LogP) is 3.59. The molecule has 7 N–H and O–H groups in total. The van der Waals surface area contributed by atoms with Gasteiger partial charge in [0.1, 0.15) is 18.9 Å². The molecule has 0 radical (unpaired) electrons. The highest BCUT2D eigenvalue weighted by Gasteiger charge is 2.25. The number of amides is 1. The van der Waals surface area contributed by atoms with Crippen molar-refractivity contribution < 1.29 is 61.6 Å². The molecule has 21 heteroatoms. The third kappa shape index (κ3) is 11.8. The Morgan fingerprint density at radius 3 is 2.27 bits per heavy atom. The molecule has 0 aliphatic rings. The van der Waals surface area contributed by atoms with E-state index < -0.39 is 52.6 Å². The number of aromatic amines is 1. The predicted molar refractivity (Wildman–Crippen MR) is 155 cm³/mol. The van der Waals surface area contributed by atoms with Crippen LogP contribution in [0.4, 0.5) is 15.5 Å². The zero-order valence-corrected chi connectivity index (χ0v) is 26.0. The van der Waals surface area contributed by atoms with Crippen LogP contribution >= 0.6 is 27.2 Å². The number of nitrogens with one attached hydrogen (secondary N) is 3. The summed E-state index contributed by atoms with van der Waals surface area (Å²) in [5, 5.41) is 5.92. The van der Waals surface area contributed by atoms with E-state index in [-0.39, 0.29) is 18.2 Å². The highest BCUT2D eigenvalue weighted by Crippen LogP contribution is 2.37. The Morgan fingerprint density at radius 2 is 1.67 bits per heavy atom. The number of carbonyl (C=O) groups is 3. The summed E-state index contributed by atoms with van der Waals surface area (Å²) >= 11 is 6.06. The van der Waals surface area contributed by atoms with Gasteiger partial charge in [0.15, 0.2) is 0 Å². The van der Waals surface area contributed by atoms with Crippen molar-refractivity contribution in [2.24, 2.45) is 0 Å². The van der Waals surface area contributed by atoms with Crippen LogP contribution in [0.5, 0.6) is 0 Å². The molecule has 0 bridgehead atoms. The Labute approximate surface area is 259 Å². The lowest BCUT2D eigenvalue weighted by Crippen LogP contribution is -2.32. The number of rotatable bonds is 13. The zero-order valence-electron chi connectivity index (χ0n) is 23.4. The minimum atomic E-state index is -5.15. The van der Waals surface area contributed by atoms with Crippen molar-refractivity contribution in [3.8, 4) is 11.3 Å². The van der Waals surface area contributed by atoms with Gasteiger partial charge in [-0.2, -0.15) is 0 Å².